The van der Waals surface area contributed by atoms with Crippen molar-refractivity contribution in [2.24, 2.45) is 5.92 Å². The first-order chi connectivity index (χ1) is 9.31. The fourth-order valence-electron chi connectivity index (χ4n) is 3.38. The first-order valence-electron chi connectivity index (χ1n) is 8.66. The second-order valence-electron chi connectivity index (χ2n) is 6.08. The van der Waals surface area contributed by atoms with Gasteiger partial charge in [-0.3, -0.25) is 0 Å². The fourth-order valence-corrected chi connectivity index (χ4v) is 3.38. The van der Waals surface area contributed by atoms with Crippen molar-refractivity contribution in [3.8, 4) is 0 Å². The molecule has 0 aromatic carbocycles. The van der Waals surface area contributed by atoms with Crippen LogP contribution in [0.5, 0.6) is 0 Å². The smallest absolute Gasteiger partial charge is 0.0727 e. The van der Waals surface area contributed by atoms with Crippen molar-refractivity contribution in [1.82, 2.24) is 5.32 Å². The monoisotopic (exact) mass is 269 g/mol. The van der Waals surface area contributed by atoms with Gasteiger partial charge in [-0.1, -0.05) is 52.4 Å². The van der Waals surface area contributed by atoms with E-state index in [2.05, 4.69) is 26.1 Å². The van der Waals surface area contributed by atoms with Crippen LogP contribution in [0.3, 0.4) is 0 Å². The van der Waals surface area contributed by atoms with E-state index in [4.69, 9.17) is 4.74 Å². The quantitative estimate of drug-likeness (QED) is 0.629. The number of hydrogen-bond donors (Lipinski definition) is 1. The minimum absolute atomic E-state index is 0.420. The molecule has 2 heteroatoms. The van der Waals surface area contributed by atoms with Crippen LogP contribution in [0.4, 0.5) is 0 Å². The van der Waals surface area contributed by atoms with E-state index in [0.29, 0.717) is 12.1 Å². The molecule has 0 radical (unpaired) electrons. The highest BCUT2D eigenvalue weighted by atomic mass is 16.5. The van der Waals surface area contributed by atoms with Crippen molar-refractivity contribution >= 4 is 0 Å². The third-order valence-corrected chi connectivity index (χ3v) is 4.37. The van der Waals surface area contributed by atoms with Gasteiger partial charge in [-0.05, 0) is 38.6 Å². The van der Waals surface area contributed by atoms with Gasteiger partial charge < -0.3 is 10.1 Å². The lowest BCUT2D eigenvalue weighted by Crippen LogP contribution is -2.43. The molecule has 1 N–H and O–H groups in total. The molecule has 0 amide bonds. The molecule has 114 valence electrons. The molecule has 19 heavy (non-hydrogen) atoms. The van der Waals surface area contributed by atoms with Crippen molar-refractivity contribution in [2.75, 3.05) is 13.2 Å². The fraction of sp³-hybridized carbons (Fsp3) is 1.00. The summed E-state index contributed by atoms with van der Waals surface area (Å²) in [6.07, 6.45) is 12.6. The Balaban J connectivity index is 2.50. The Labute approximate surface area is 120 Å². The summed E-state index contributed by atoms with van der Waals surface area (Å²) in [7, 11) is 0. The van der Waals surface area contributed by atoms with Gasteiger partial charge >= 0.3 is 0 Å². The van der Waals surface area contributed by atoms with E-state index < -0.39 is 0 Å². The zero-order valence-corrected chi connectivity index (χ0v) is 13.4. The molecule has 1 saturated carbocycles. The standard InChI is InChI=1S/C17H35NO/c1-4-10-17(19-6-3)16(18-13-5-2)14-15-11-8-7-9-12-15/h15-18H,4-14H2,1-3H3. The molecular weight excluding hydrogens is 234 g/mol. The van der Waals surface area contributed by atoms with Crippen molar-refractivity contribution < 1.29 is 4.74 Å². The molecular formula is C17H35NO. The van der Waals surface area contributed by atoms with E-state index in [0.717, 1.165) is 19.1 Å². The second-order valence-corrected chi connectivity index (χ2v) is 6.08. The van der Waals surface area contributed by atoms with Gasteiger partial charge in [0.25, 0.3) is 0 Å². The lowest BCUT2D eigenvalue weighted by molar-refractivity contribution is 0.0199. The summed E-state index contributed by atoms with van der Waals surface area (Å²) >= 11 is 0. The average molecular weight is 269 g/mol. The Morgan fingerprint density at radius 1 is 1.05 bits per heavy atom. The predicted molar refractivity (Wildman–Crippen MR) is 83.6 cm³/mol. The van der Waals surface area contributed by atoms with Gasteiger partial charge in [-0.15, -0.1) is 0 Å². The van der Waals surface area contributed by atoms with Gasteiger partial charge in [0.05, 0.1) is 6.10 Å². The number of nitrogens with one attached hydrogen (secondary N) is 1. The molecule has 0 aromatic rings. The molecule has 2 nitrogen and oxygen atoms in total. The lowest BCUT2D eigenvalue weighted by atomic mass is 9.83. The summed E-state index contributed by atoms with van der Waals surface area (Å²) in [4.78, 5) is 0. The molecule has 2 atom stereocenters. The van der Waals surface area contributed by atoms with Crippen molar-refractivity contribution in [2.45, 2.75) is 90.7 Å². The van der Waals surface area contributed by atoms with Crippen molar-refractivity contribution in [3.63, 3.8) is 0 Å². The summed E-state index contributed by atoms with van der Waals surface area (Å²) in [6.45, 7) is 8.62. The van der Waals surface area contributed by atoms with E-state index in [1.54, 1.807) is 0 Å². The van der Waals surface area contributed by atoms with E-state index >= 15 is 0 Å². The van der Waals surface area contributed by atoms with Crippen LogP contribution in [0.15, 0.2) is 0 Å². The Morgan fingerprint density at radius 3 is 2.37 bits per heavy atom. The summed E-state index contributed by atoms with van der Waals surface area (Å²) in [5, 5.41) is 3.76. The maximum Gasteiger partial charge on any atom is 0.0727 e. The van der Waals surface area contributed by atoms with Crippen LogP contribution in [-0.2, 0) is 4.74 Å². The van der Waals surface area contributed by atoms with Gasteiger partial charge in [0.15, 0.2) is 0 Å². The molecule has 1 rings (SSSR count). The highest BCUT2D eigenvalue weighted by molar-refractivity contribution is 4.81. The topological polar surface area (TPSA) is 21.3 Å². The zero-order chi connectivity index (χ0) is 13.9. The molecule has 1 aliphatic rings. The SMILES string of the molecule is CCCNC(CC1CCCCC1)C(CCC)OCC. The molecule has 0 spiro atoms. The first kappa shape index (κ1) is 17.0. The van der Waals surface area contributed by atoms with Crippen LogP contribution in [0.2, 0.25) is 0 Å². The summed E-state index contributed by atoms with van der Waals surface area (Å²) < 4.78 is 6.02. The van der Waals surface area contributed by atoms with Gasteiger partial charge in [0, 0.05) is 12.6 Å². The van der Waals surface area contributed by atoms with E-state index in [1.807, 2.05) is 0 Å². The zero-order valence-electron chi connectivity index (χ0n) is 13.4. The molecule has 1 fully saturated rings. The normalized spacial score (nSPS) is 20.4. The van der Waals surface area contributed by atoms with E-state index in [9.17, 15) is 0 Å². The second kappa shape index (κ2) is 10.7. The summed E-state index contributed by atoms with van der Waals surface area (Å²) in [5.41, 5.74) is 0. The average Bonchev–Trinajstić information content (AvgIpc) is 2.44. The van der Waals surface area contributed by atoms with Crippen LogP contribution in [-0.4, -0.2) is 25.3 Å². The Kier molecular flexibility index (Phi) is 9.54. The lowest BCUT2D eigenvalue weighted by Gasteiger charge is -2.32. The number of hydrogen-bond acceptors (Lipinski definition) is 2. The van der Waals surface area contributed by atoms with Gasteiger partial charge in [-0.25, -0.2) is 0 Å². The van der Waals surface area contributed by atoms with Gasteiger partial charge in [0.2, 0.25) is 0 Å². The van der Waals surface area contributed by atoms with Crippen LogP contribution >= 0.6 is 0 Å². The van der Waals surface area contributed by atoms with Gasteiger partial charge in [-0.2, -0.15) is 0 Å². The Morgan fingerprint density at radius 2 is 1.79 bits per heavy atom. The highest BCUT2D eigenvalue weighted by Gasteiger charge is 2.25. The largest absolute Gasteiger partial charge is 0.377 e. The third kappa shape index (κ3) is 6.76. The summed E-state index contributed by atoms with van der Waals surface area (Å²) in [5.74, 6) is 0.933. The number of rotatable bonds is 10. The maximum absolute atomic E-state index is 6.02. The summed E-state index contributed by atoms with van der Waals surface area (Å²) in [6, 6.07) is 0.572. The third-order valence-electron chi connectivity index (χ3n) is 4.37. The van der Waals surface area contributed by atoms with Crippen LogP contribution in [0, 0.1) is 5.92 Å². The minimum atomic E-state index is 0.420. The molecule has 0 saturated heterocycles. The molecule has 2 unspecified atom stereocenters. The number of ether oxygens (including phenoxy) is 1. The minimum Gasteiger partial charge on any atom is -0.377 e. The van der Waals surface area contributed by atoms with Crippen LogP contribution in [0.25, 0.3) is 0 Å². The van der Waals surface area contributed by atoms with Gasteiger partial charge in [0.1, 0.15) is 0 Å². The maximum atomic E-state index is 6.02. The van der Waals surface area contributed by atoms with Crippen molar-refractivity contribution in [1.29, 1.82) is 0 Å². The first-order valence-corrected chi connectivity index (χ1v) is 8.66. The predicted octanol–water partition coefficient (Wildman–Crippen LogP) is 4.53. The van der Waals surface area contributed by atoms with Crippen LogP contribution in [0.1, 0.15) is 78.6 Å². The highest BCUT2D eigenvalue weighted by Crippen LogP contribution is 2.29. The Hall–Kier alpha value is -0.0800. The molecule has 1 aliphatic carbocycles. The van der Waals surface area contributed by atoms with Crippen molar-refractivity contribution in [3.05, 3.63) is 0 Å². The molecule has 0 aromatic heterocycles. The molecule has 0 aliphatic heterocycles. The van der Waals surface area contributed by atoms with Crippen LogP contribution < -0.4 is 5.32 Å². The van der Waals surface area contributed by atoms with E-state index in [1.165, 1.54) is 57.8 Å². The van der Waals surface area contributed by atoms with E-state index in [-0.39, 0.29) is 0 Å². The molecule has 0 bridgehead atoms. The molecule has 0 heterocycles. The Bertz CT molecular complexity index is 195.